The first-order valence-electron chi connectivity index (χ1n) is 6.79. The van der Waals surface area contributed by atoms with Crippen molar-refractivity contribution in [2.45, 2.75) is 13.5 Å². The van der Waals surface area contributed by atoms with E-state index in [1.165, 1.54) is 0 Å². The van der Waals surface area contributed by atoms with Crippen molar-refractivity contribution in [2.24, 2.45) is 0 Å². The van der Waals surface area contributed by atoms with Gasteiger partial charge in [-0.3, -0.25) is 9.78 Å². The van der Waals surface area contributed by atoms with Gasteiger partial charge in [0.2, 0.25) is 0 Å². The molecule has 0 saturated heterocycles. The Kier molecular flexibility index (Phi) is 5.17. The van der Waals surface area contributed by atoms with Crippen LogP contribution in [0.5, 0.6) is 0 Å². The lowest BCUT2D eigenvalue weighted by atomic mass is 10.1. The highest BCUT2D eigenvalue weighted by Crippen LogP contribution is 2.17. The van der Waals surface area contributed by atoms with E-state index >= 15 is 0 Å². The van der Waals surface area contributed by atoms with Crippen molar-refractivity contribution in [1.82, 2.24) is 9.88 Å². The zero-order chi connectivity index (χ0) is 15.2. The number of hydrogen-bond donors (Lipinski definition) is 1. The molecule has 1 aromatic heterocycles. The molecule has 0 aliphatic carbocycles. The van der Waals surface area contributed by atoms with E-state index in [4.69, 9.17) is 11.6 Å². The van der Waals surface area contributed by atoms with Crippen molar-refractivity contribution in [3.63, 3.8) is 0 Å². The average Bonchev–Trinajstić information content (AvgIpc) is 2.47. The molecule has 1 amide bonds. The Morgan fingerprint density at radius 3 is 2.90 bits per heavy atom. The smallest absolute Gasteiger partial charge is 0.256 e. The van der Waals surface area contributed by atoms with E-state index in [0.717, 1.165) is 17.8 Å². The normalized spacial score (nSPS) is 10.2. The third kappa shape index (κ3) is 3.95. The van der Waals surface area contributed by atoms with Crippen molar-refractivity contribution in [2.75, 3.05) is 18.9 Å². The number of rotatable bonds is 5. The predicted molar refractivity (Wildman–Crippen MR) is 85.7 cm³/mol. The van der Waals surface area contributed by atoms with Gasteiger partial charge < -0.3 is 10.2 Å². The number of hydrogen-bond acceptors (Lipinski definition) is 3. The van der Waals surface area contributed by atoms with Gasteiger partial charge in [-0.1, -0.05) is 23.7 Å². The third-order valence-electron chi connectivity index (χ3n) is 3.07. The minimum absolute atomic E-state index is 0.0478. The number of nitrogens with one attached hydrogen (secondary N) is 1. The van der Waals surface area contributed by atoms with Crippen molar-refractivity contribution < 1.29 is 4.79 Å². The number of amides is 1. The Bertz CT molecular complexity index is 630. The van der Waals surface area contributed by atoms with Gasteiger partial charge in [-0.25, -0.2) is 0 Å². The average molecular weight is 304 g/mol. The van der Waals surface area contributed by atoms with E-state index < -0.39 is 0 Å². The summed E-state index contributed by atoms with van der Waals surface area (Å²) in [5.41, 5.74) is 2.37. The molecule has 0 radical (unpaired) electrons. The number of benzene rings is 1. The van der Waals surface area contributed by atoms with Gasteiger partial charge in [0.1, 0.15) is 0 Å². The van der Waals surface area contributed by atoms with Crippen molar-refractivity contribution in [3.8, 4) is 0 Å². The van der Waals surface area contributed by atoms with Crippen LogP contribution >= 0.6 is 11.6 Å². The van der Waals surface area contributed by atoms with Crippen LogP contribution in [0.4, 0.5) is 5.69 Å². The summed E-state index contributed by atoms with van der Waals surface area (Å²) in [6.45, 7) is 3.23. The van der Waals surface area contributed by atoms with Gasteiger partial charge in [-0.05, 0) is 30.7 Å². The first-order chi connectivity index (χ1) is 10.1. The zero-order valence-electron chi connectivity index (χ0n) is 12.1. The summed E-state index contributed by atoms with van der Waals surface area (Å²) in [6.07, 6.45) is 3.30. The maximum atomic E-state index is 12.6. The molecule has 0 aliphatic heterocycles. The quantitative estimate of drug-likeness (QED) is 0.920. The van der Waals surface area contributed by atoms with E-state index in [9.17, 15) is 4.79 Å². The van der Waals surface area contributed by atoms with E-state index in [2.05, 4.69) is 10.3 Å². The molecule has 2 rings (SSSR count). The number of carbonyl (C=O) groups is 1. The largest absolute Gasteiger partial charge is 0.383 e. The number of carbonyl (C=O) groups excluding carboxylic acids is 1. The Morgan fingerprint density at radius 1 is 1.38 bits per heavy atom. The SMILES string of the molecule is CCNc1cnccc1C(=O)N(C)Cc1cccc(Cl)c1. The molecule has 1 heterocycles. The van der Waals surface area contributed by atoms with Gasteiger partial charge >= 0.3 is 0 Å². The van der Waals surface area contributed by atoms with Gasteiger partial charge in [0.05, 0.1) is 17.4 Å². The second-order valence-electron chi connectivity index (χ2n) is 4.74. The summed E-state index contributed by atoms with van der Waals surface area (Å²) < 4.78 is 0. The van der Waals surface area contributed by atoms with Gasteiger partial charge in [-0.15, -0.1) is 0 Å². The molecule has 1 N–H and O–H groups in total. The Hall–Kier alpha value is -2.07. The third-order valence-corrected chi connectivity index (χ3v) is 3.31. The summed E-state index contributed by atoms with van der Waals surface area (Å²) in [4.78, 5) is 18.3. The molecule has 110 valence electrons. The summed E-state index contributed by atoms with van der Waals surface area (Å²) in [6, 6.07) is 9.25. The molecule has 0 atom stereocenters. The van der Waals surface area contributed by atoms with Gasteiger partial charge in [-0.2, -0.15) is 0 Å². The molecule has 5 heteroatoms. The summed E-state index contributed by atoms with van der Waals surface area (Å²) >= 11 is 5.97. The molecule has 4 nitrogen and oxygen atoms in total. The molecule has 0 unspecified atom stereocenters. The van der Waals surface area contributed by atoms with E-state index in [0.29, 0.717) is 17.1 Å². The maximum absolute atomic E-state index is 12.6. The van der Waals surface area contributed by atoms with Crippen LogP contribution in [0.25, 0.3) is 0 Å². The van der Waals surface area contributed by atoms with Crippen LogP contribution in [0, 0.1) is 0 Å². The minimum Gasteiger partial charge on any atom is -0.383 e. The molecule has 2 aromatic rings. The van der Waals surface area contributed by atoms with Gasteiger partial charge in [0, 0.05) is 31.4 Å². The first-order valence-corrected chi connectivity index (χ1v) is 7.17. The Balaban J connectivity index is 2.16. The standard InChI is InChI=1S/C16H18ClN3O/c1-3-19-15-10-18-8-7-14(15)16(21)20(2)11-12-5-4-6-13(17)9-12/h4-10,19H,3,11H2,1-2H3. The van der Waals surface area contributed by atoms with Crippen molar-refractivity contribution in [3.05, 3.63) is 58.9 Å². The number of pyridine rings is 1. The predicted octanol–water partition coefficient (Wildman–Crippen LogP) is 3.44. The lowest BCUT2D eigenvalue weighted by Gasteiger charge is -2.19. The second kappa shape index (κ2) is 7.09. The number of aromatic nitrogens is 1. The molecular weight excluding hydrogens is 286 g/mol. The lowest BCUT2D eigenvalue weighted by molar-refractivity contribution is 0.0786. The van der Waals surface area contributed by atoms with Crippen LogP contribution < -0.4 is 5.32 Å². The number of nitrogens with zero attached hydrogens (tertiary/aromatic N) is 2. The fourth-order valence-electron chi connectivity index (χ4n) is 2.10. The van der Waals surface area contributed by atoms with E-state index in [-0.39, 0.29) is 5.91 Å². The molecule has 0 bridgehead atoms. The molecule has 21 heavy (non-hydrogen) atoms. The molecule has 1 aromatic carbocycles. The maximum Gasteiger partial charge on any atom is 0.256 e. The fraction of sp³-hybridized carbons (Fsp3) is 0.250. The minimum atomic E-state index is -0.0478. The van der Waals surface area contributed by atoms with Crippen LogP contribution in [-0.4, -0.2) is 29.4 Å². The van der Waals surface area contributed by atoms with Crippen LogP contribution in [0.1, 0.15) is 22.8 Å². The van der Waals surface area contributed by atoms with Crippen LogP contribution in [-0.2, 0) is 6.54 Å². The highest BCUT2D eigenvalue weighted by molar-refractivity contribution is 6.30. The molecule has 0 fully saturated rings. The lowest BCUT2D eigenvalue weighted by Crippen LogP contribution is -2.27. The second-order valence-corrected chi connectivity index (χ2v) is 5.18. The molecular formula is C16H18ClN3O. The van der Waals surface area contributed by atoms with Crippen LogP contribution in [0.3, 0.4) is 0 Å². The van der Waals surface area contributed by atoms with Gasteiger partial charge in [0.15, 0.2) is 0 Å². The van der Waals surface area contributed by atoms with E-state index in [1.54, 1.807) is 30.4 Å². The highest BCUT2D eigenvalue weighted by Gasteiger charge is 2.15. The highest BCUT2D eigenvalue weighted by atomic mass is 35.5. The van der Waals surface area contributed by atoms with Crippen LogP contribution in [0.15, 0.2) is 42.7 Å². The molecule has 0 saturated carbocycles. The van der Waals surface area contributed by atoms with Crippen molar-refractivity contribution >= 4 is 23.2 Å². The zero-order valence-corrected chi connectivity index (χ0v) is 12.9. The summed E-state index contributed by atoms with van der Waals surface area (Å²) in [7, 11) is 1.78. The number of anilines is 1. The summed E-state index contributed by atoms with van der Waals surface area (Å²) in [5.74, 6) is -0.0478. The number of halogens is 1. The summed E-state index contributed by atoms with van der Waals surface area (Å²) in [5, 5.41) is 3.83. The first kappa shape index (κ1) is 15.3. The molecule has 0 spiro atoms. The Labute approximate surface area is 129 Å². The van der Waals surface area contributed by atoms with Crippen molar-refractivity contribution in [1.29, 1.82) is 0 Å². The molecule has 0 aliphatic rings. The van der Waals surface area contributed by atoms with Gasteiger partial charge in [0.25, 0.3) is 5.91 Å². The monoisotopic (exact) mass is 303 g/mol. The van der Waals surface area contributed by atoms with Crippen LogP contribution in [0.2, 0.25) is 5.02 Å². The Morgan fingerprint density at radius 2 is 2.19 bits per heavy atom. The fourth-order valence-corrected chi connectivity index (χ4v) is 2.31. The topological polar surface area (TPSA) is 45.2 Å². The van der Waals surface area contributed by atoms with E-state index in [1.807, 2.05) is 31.2 Å².